The van der Waals surface area contributed by atoms with E-state index in [0.717, 1.165) is 31.3 Å². The summed E-state index contributed by atoms with van der Waals surface area (Å²) in [6.45, 7) is 13.1. The Kier molecular flexibility index (Phi) is 15.0. The van der Waals surface area contributed by atoms with Gasteiger partial charge in [-0.05, 0) is 99.7 Å². The zero-order valence-electron chi connectivity index (χ0n) is 37.2. The Balaban J connectivity index is 1.18. The van der Waals surface area contributed by atoms with Crippen molar-refractivity contribution in [1.29, 1.82) is 0 Å². The van der Waals surface area contributed by atoms with Crippen LogP contribution in [0.1, 0.15) is 99.8 Å². The smallest absolute Gasteiger partial charge is 0.187 e. The first kappa shape index (κ1) is 49.0. The maximum absolute atomic E-state index is 11.9. The van der Waals surface area contributed by atoms with E-state index in [1.54, 1.807) is 6.92 Å². The molecule has 3 saturated heterocycles. The van der Waals surface area contributed by atoms with Crippen LogP contribution >= 0.6 is 0 Å². The molecule has 26 atom stereocenters. The Hall–Kier alpha value is -0.940. The Labute approximate surface area is 364 Å². The van der Waals surface area contributed by atoms with E-state index in [9.17, 15) is 56.2 Å². The summed E-state index contributed by atoms with van der Waals surface area (Å²) >= 11 is 0. The highest BCUT2D eigenvalue weighted by molar-refractivity contribution is 5.28. The van der Waals surface area contributed by atoms with E-state index in [1.807, 2.05) is 6.92 Å². The molecule has 11 N–H and O–H groups in total. The number of aliphatic hydroxyl groups excluding tert-OH is 11. The van der Waals surface area contributed by atoms with Crippen LogP contribution < -0.4 is 0 Å². The molecule has 17 nitrogen and oxygen atoms in total. The van der Waals surface area contributed by atoms with E-state index in [1.165, 1.54) is 6.92 Å². The normalized spacial score (nSPS) is 53.0. The lowest BCUT2D eigenvalue weighted by Gasteiger charge is -2.60. The second-order valence-electron chi connectivity index (χ2n) is 20.9. The van der Waals surface area contributed by atoms with Crippen molar-refractivity contribution in [3.8, 4) is 0 Å². The first-order valence-electron chi connectivity index (χ1n) is 23.2. The molecule has 26 unspecified atom stereocenters. The molecule has 7 aliphatic rings. The molecule has 17 heteroatoms. The Morgan fingerprint density at radius 1 is 0.710 bits per heavy atom. The van der Waals surface area contributed by atoms with Gasteiger partial charge in [0, 0.05) is 11.8 Å². The van der Waals surface area contributed by atoms with Gasteiger partial charge in [-0.3, -0.25) is 0 Å². The van der Waals surface area contributed by atoms with Gasteiger partial charge in [-0.25, -0.2) is 0 Å². The molecule has 358 valence electrons. The standard InChI is InChI=1S/C45H76O17/c1-18(2)8-11-27(48)19(3)31-28(59-43-39(56)40(34(51)29(17-46)60-43)62-42-38(55)36(53)33(50)21(5)58-42)16-26-24-10-9-22-14-23(47)15-30(45(22,7)25(24)12-13-44(26,31)6)61-41-37(54)35(52)32(49)20(4)57-41/h9,18-21,23-43,46-56H,8,10-17H2,1-7H3. The van der Waals surface area contributed by atoms with Gasteiger partial charge in [0.15, 0.2) is 18.9 Å². The summed E-state index contributed by atoms with van der Waals surface area (Å²) in [5.41, 5.74) is 0.123. The molecule has 3 saturated carbocycles. The van der Waals surface area contributed by atoms with Crippen LogP contribution in [0.2, 0.25) is 0 Å². The van der Waals surface area contributed by atoms with Gasteiger partial charge in [-0.2, -0.15) is 0 Å². The summed E-state index contributed by atoms with van der Waals surface area (Å²) in [7, 11) is 0. The Bertz CT molecular complexity index is 1540. The highest BCUT2D eigenvalue weighted by Gasteiger charge is 2.65. The monoisotopic (exact) mass is 889 g/mol. The van der Waals surface area contributed by atoms with Crippen LogP contribution in [0.25, 0.3) is 0 Å². The lowest BCUT2D eigenvalue weighted by molar-refractivity contribution is -0.362. The number of hydrogen-bond donors (Lipinski definition) is 11. The van der Waals surface area contributed by atoms with Crippen molar-refractivity contribution in [1.82, 2.24) is 0 Å². The van der Waals surface area contributed by atoms with Gasteiger partial charge >= 0.3 is 0 Å². The van der Waals surface area contributed by atoms with Crippen molar-refractivity contribution < 1.29 is 84.6 Å². The van der Waals surface area contributed by atoms with Crippen LogP contribution in [0.5, 0.6) is 0 Å². The van der Waals surface area contributed by atoms with Crippen LogP contribution in [-0.4, -0.2) is 179 Å². The highest BCUT2D eigenvalue weighted by atomic mass is 16.7. The summed E-state index contributed by atoms with van der Waals surface area (Å²) in [5.74, 6) is 0.0897. The predicted molar refractivity (Wildman–Crippen MR) is 218 cm³/mol. The molecule has 4 aliphatic carbocycles. The third-order valence-electron chi connectivity index (χ3n) is 16.8. The maximum atomic E-state index is 11.9. The summed E-state index contributed by atoms with van der Waals surface area (Å²) in [6, 6.07) is 0. The quantitative estimate of drug-likeness (QED) is 0.114. The second kappa shape index (κ2) is 19.0. The first-order valence-corrected chi connectivity index (χ1v) is 23.2. The SMILES string of the molecule is CC(C)CCC(O)C(C)C1C(OC2OC(CO)C(O)C(OC3OC(C)C(O)C(O)C3O)C2O)CC2C3CC=C4CC(O)CC(OC5OC(C)C(O)C(O)C5O)C4(C)C3CCC21C. The average molecular weight is 889 g/mol. The van der Waals surface area contributed by atoms with Crippen LogP contribution in [0, 0.1) is 46.3 Å². The molecule has 62 heavy (non-hydrogen) atoms. The predicted octanol–water partition coefficient (Wildman–Crippen LogP) is -0.171. The van der Waals surface area contributed by atoms with Gasteiger partial charge < -0.3 is 84.6 Å². The number of aliphatic hydroxyl groups is 11. The van der Waals surface area contributed by atoms with E-state index >= 15 is 0 Å². The third kappa shape index (κ3) is 8.72. The van der Waals surface area contributed by atoms with E-state index in [0.29, 0.717) is 25.2 Å². The molecular formula is C45H76O17. The van der Waals surface area contributed by atoms with Crippen molar-refractivity contribution in [2.24, 2.45) is 46.3 Å². The maximum Gasteiger partial charge on any atom is 0.187 e. The second-order valence-corrected chi connectivity index (χ2v) is 20.9. The van der Waals surface area contributed by atoms with Crippen LogP contribution in [0.3, 0.4) is 0 Å². The van der Waals surface area contributed by atoms with Gasteiger partial charge in [-0.15, -0.1) is 0 Å². The fourth-order valence-electron chi connectivity index (χ4n) is 13.1. The molecule has 0 aromatic carbocycles. The molecule has 0 bridgehead atoms. The lowest BCUT2D eigenvalue weighted by atomic mass is 9.46. The van der Waals surface area contributed by atoms with Crippen LogP contribution in [0.4, 0.5) is 0 Å². The first-order chi connectivity index (χ1) is 29.1. The van der Waals surface area contributed by atoms with Crippen LogP contribution in [0.15, 0.2) is 11.6 Å². The van der Waals surface area contributed by atoms with Gasteiger partial charge in [0.05, 0.1) is 43.2 Å². The fourth-order valence-corrected chi connectivity index (χ4v) is 13.1. The molecule has 0 radical (unpaired) electrons. The molecule has 3 heterocycles. The molecule has 0 amide bonds. The van der Waals surface area contributed by atoms with Gasteiger partial charge in [-0.1, -0.05) is 46.3 Å². The zero-order valence-corrected chi connectivity index (χ0v) is 37.2. The number of ether oxygens (including phenoxy) is 6. The van der Waals surface area contributed by atoms with Crippen molar-refractivity contribution in [2.75, 3.05) is 6.61 Å². The molecule has 6 fully saturated rings. The molecule has 0 spiro atoms. The molecule has 0 aromatic heterocycles. The fraction of sp³-hybridized carbons (Fsp3) is 0.956. The summed E-state index contributed by atoms with van der Waals surface area (Å²) < 4.78 is 37.0. The zero-order chi connectivity index (χ0) is 45.3. The molecule has 7 rings (SSSR count). The number of hydrogen-bond acceptors (Lipinski definition) is 17. The van der Waals surface area contributed by atoms with Crippen molar-refractivity contribution >= 4 is 0 Å². The third-order valence-corrected chi connectivity index (χ3v) is 16.8. The van der Waals surface area contributed by atoms with Crippen molar-refractivity contribution in [3.05, 3.63) is 11.6 Å². The summed E-state index contributed by atoms with van der Waals surface area (Å²) in [6.07, 6.45) is -16.3. The van der Waals surface area contributed by atoms with Gasteiger partial charge in [0.2, 0.25) is 0 Å². The van der Waals surface area contributed by atoms with Crippen molar-refractivity contribution in [3.63, 3.8) is 0 Å². The van der Waals surface area contributed by atoms with E-state index < -0.39 is 129 Å². The van der Waals surface area contributed by atoms with E-state index in [-0.39, 0.29) is 41.4 Å². The summed E-state index contributed by atoms with van der Waals surface area (Å²) in [4.78, 5) is 0. The number of rotatable bonds is 12. The topological polar surface area (TPSA) is 278 Å². The van der Waals surface area contributed by atoms with Gasteiger partial charge in [0.25, 0.3) is 0 Å². The van der Waals surface area contributed by atoms with E-state index in [2.05, 4.69) is 33.8 Å². The van der Waals surface area contributed by atoms with Crippen LogP contribution in [-0.2, 0) is 28.4 Å². The Morgan fingerprint density at radius 3 is 1.90 bits per heavy atom. The molecule has 0 aromatic rings. The lowest BCUT2D eigenvalue weighted by Crippen LogP contribution is -2.64. The number of fused-ring (bicyclic) bond motifs is 5. The number of allylic oxidation sites excluding steroid dienone is 1. The largest absolute Gasteiger partial charge is 0.394 e. The van der Waals surface area contributed by atoms with Crippen molar-refractivity contribution in [2.45, 2.75) is 216 Å². The average Bonchev–Trinajstić information content (AvgIpc) is 3.53. The molecular weight excluding hydrogens is 812 g/mol. The van der Waals surface area contributed by atoms with E-state index in [4.69, 9.17) is 28.4 Å². The van der Waals surface area contributed by atoms with Gasteiger partial charge in [0.1, 0.15) is 61.0 Å². The minimum absolute atomic E-state index is 0.0406. The summed E-state index contributed by atoms with van der Waals surface area (Å²) in [5, 5.41) is 120. The molecule has 3 aliphatic heterocycles. The minimum atomic E-state index is -1.72. The minimum Gasteiger partial charge on any atom is -0.394 e. The highest BCUT2D eigenvalue weighted by Crippen LogP contribution is 2.68. The Morgan fingerprint density at radius 2 is 1.31 bits per heavy atom.